The van der Waals surface area contributed by atoms with Gasteiger partial charge in [0, 0.05) is 11.6 Å². The van der Waals surface area contributed by atoms with Crippen molar-refractivity contribution in [2.24, 2.45) is 0 Å². The Morgan fingerprint density at radius 1 is 1.19 bits per heavy atom. The van der Waals surface area contributed by atoms with E-state index in [-0.39, 0.29) is 5.82 Å². The Kier molecular flexibility index (Phi) is 6.24. The lowest BCUT2D eigenvalue weighted by molar-refractivity contribution is 0.624. The topological polar surface area (TPSA) is 12.0 Å². The van der Waals surface area contributed by atoms with E-state index < -0.39 is 0 Å². The molecule has 0 aliphatic rings. The van der Waals surface area contributed by atoms with Crippen LogP contribution in [-0.4, -0.2) is 6.54 Å². The maximum atomic E-state index is 13.3. The van der Waals surface area contributed by atoms with Gasteiger partial charge in [-0.1, -0.05) is 44.2 Å². The molecule has 0 saturated heterocycles. The van der Waals surface area contributed by atoms with Crippen molar-refractivity contribution < 1.29 is 4.39 Å². The van der Waals surface area contributed by atoms with Gasteiger partial charge in [-0.2, -0.15) is 0 Å². The second kappa shape index (κ2) is 7.50. The van der Waals surface area contributed by atoms with Crippen LogP contribution >= 0.6 is 11.6 Å². The van der Waals surface area contributed by atoms with Gasteiger partial charge >= 0.3 is 0 Å². The number of nitrogens with one attached hydrogen (secondary N) is 1. The average Bonchev–Trinajstić information content (AvgIpc) is 2.28. The lowest BCUT2D eigenvalue weighted by Crippen LogP contribution is -2.03. The summed E-state index contributed by atoms with van der Waals surface area (Å²) in [5.41, 5.74) is 0.503. The van der Waals surface area contributed by atoms with Crippen LogP contribution in [0.5, 0.6) is 0 Å². The van der Waals surface area contributed by atoms with E-state index in [1.807, 2.05) is 0 Å². The summed E-state index contributed by atoms with van der Waals surface area (Å²) in [6.07, 6.45) is 6.06. The summed E-state index contributed by atoms with van der Waals surface area (Å²) < 4.78 is 13.3. The van der Waals surface area contributed by atoms with Gasteiger partial charge in [0.25, 0.3) is 0 Å². The van der Waals surface area contributed by atoms with Gasteiger partial charge < -0.3 is 5.32 Å². The van der Waals surface area contributed by atoms with Gasteiger partial charge in [-0.3, -0.25) is 0 Å². The van der Waals surface area contributed by atoms with E-state index in [9.17, 15) is 4.39 Å². The highest BCUT2D eigenvalue weighted by Gasteiger charge is 2.01. The Hall–Kier alpha value is -0.760. The van der Waals surface area contributed by atoms with Crippen LogP contribution in [0.15, 0.2) is 18.2 Å². The number of hydrogen-bond donors (Lipinski definition) is 1. The monoisotopic (exact) mass is 243 g/mol. The van der Waals surface area contributed by atoms with E-state index in [0.717, 1.165) is 13.0 Å². The maximum Gasteiger partial charge on any atom is 0.146 e. The summed E-state index contributed by atoms with van der Waals surface area (Å²) in [5, 5.41) is 3.64. The maximum absolute atomic E-state index is 13.3. The van der Waals surface area contributed by atoms with E-state index in [0.29, 0.717) is 10.7 Å². The van der Waals surface area contributed by atoms with E-state index in [1.54, 1.807) is 12.1 Å². The third-order valence-corrected chi connectivity index (χ3v) is 2.76. The second-order valence-corrected chi connectivity index (χ2v) is 4.40. The van der Waals surface area contributed by atoms with Crippen molar-refractivity contribution in [3.05, 3.63) is 29.0 Å². The average molecular weight is 244 g/mol. The van der Waals surface area contributed by atoms with Crippen molar-refractivity contribution in [2.75, 3.05) is 11.9 Å². The first-order valence-electron chi connectivity index (χ1n) is 5.93. The number of halogens is 2. The molecule has 0 radical (unpaired) electrons. The molecule has 1 aromatic rings. The molecule has 0 amide bonds. The molecule has 3 heteroatoms. The van der Waals surface area contributed by atoms with Crippen LogP contribution in [0.2, 0.25) is 5.02 Å². The van der Waals surface area contributed by atoms with Gasteiger partial charge in [-0.25, -0.2) is 4.39 Å². The van der Waals surface area contributed by atoms with Crippen molar-refractivity contribution in [2.45, 2.75) is 39.0 Å². The third-order valence-electron chi connectivity index (χ3n) is 2.52. The fraction of sp³-hybridized carbons (Fsp3) is 0.538. The number of rotatable bonds is 7. The molecular weight excluding hydrogens is 225 g/mol. The highest BCUT2D eigenvalue weighted by molar-refractivity contribution is 6.30. The molecule has 0 saturated carbocycles. The molecule has 1 N–H and O–H groups in total. The normalized spacial score (nSPS) is 10.4. The quantitative estimate of drug-likeness (QED) is 0.675. The number of benzene rings is 1. The summed E-state index contributed by atoms with van der Waals surface area (Å²) in [5.74, 6) is -0.238. The second-order valence-electron chi connectivity index (χ2n) is 3.97. The lowest BCUT2D eigenvalue weighted by Gasteiger charge is -2.07. The molecule has 0 atom stereocenters. The fourth-order valence-electron chi connectivity index (χ4n) is 1.58. The molecule has 16 heavy (non-hydrogen) atoms. The minimum Gasteiger partial charge on any atom is -0.383 e. The van der Waals surface area contributed by atoms with Gasteiger partial charge in [-0.05, 0) is 24.6 Å². The molecule has 0 heterocycles. The van der Waals surface area contributed by atoms with Crippen LogP contribution in [0.25, 0.3) is 0 Å². The summed E-state index contributed by atoms with van der Waals surface area (Å²) in [4.78, 5) is 0. The standard InChI is InChI=1S/C13H19ClFN/c1-2-3-4-5-6-9-16-13-10-11(14)7-8-12(13)15/h7-8,10,16H,2-6,9H2,1H3. The van der Waals surface area contributed by atoms with Gasteiger partial charge in [0.1, 0.15) is 5.82 Å². The highest BCUT2D eigenvalue weighted by atomic mass is 35.5. The molecule has 1 nitrogen and oxygen atoms in total. The molecular formula is C13H19ClFN. The van der Waals surface area contributed by atoms with Gasteiger partial charge in [-0.15, -0.1) is 0 Å². The van der Waals surface area contributed by atoms with Gasteiger partial charge in [0.05, 0.1) is 5.69 Å². The minimum absolute atomic E-state index is 0.238. The molecule has 90 valence electrons. The largest absolute Gasteiger partial charge is 0.383 e. The summed E-state index contributed by atoms with van der Waals surface area (Å²) in [7, 11) is 0. The molecule has 0 fully saturated rings. The predicted molar refractivity (Wildman–Crippen MR) is 68.7 cm³/mol. The first-order chi connectivity index (χ1) is 7.74. The van der Waals surface area contributed by atoms with Crippen LogP contribution in [-0.2, 0) is 0 Å². The Morgan fingerprint density at radius 3 is 2.69 bits per heavy atom. The van der Waals surface area contributed by atoms with Crippen molar-refractivity contribution in [3.63, 3.8) is 0 Å². The van der Waals surface area contributed by atoms with Gasteiger partial charge in [0.15, 0.2) is 0 Å². The number of hydrogen-bond acceptors (Lipinski definition) is 1. The molecule has 0 aliphatic carbocycles. The smallest absolute Gasteiger partial charge is 0.146 e. The lowest BCUT2D eigenvalue weighted by atomic mass is 10.1. The Labute approximate surface area is 102 Å². The van der Waals surface area contributed by atoms with Crippen LogP contribution in [0.4, 0.5) is 10.1 Å². The number of unbranched alkanes of at least 4 members (excludes halogenated alkanes) is 4. The third kappa shape index (κ3) is 4.84. The fourth-order valence-corrected chi connectivity index (χ4v) is 1.76. The first kappa shape index (κ1) is 13.3. The van der Waals surface area contributed by atoms with Crippen molar-refractivity contribution in [3.8, 4) is 0 Å². The zero-order valence-electron chi connectivity index (χ0n) is 9.73. The molecule has 0 spiro atoms. The SMILES string of the molecule is CCCCCCCNc1cc(Cl)ccc1F. The van der Waals surface area contributed by atoms with Crippen LogP contribution in [0, 0.1) is 5.82 Å². The molecule has 0 unspecified atom stereocenters. The van der Waals surface area contributed by atoms with Crippen LogP contribution < -0.4 is 5.32 Å². The predicted octanol–water partition coefficient (Wildman–Crippen LogP) is 4.86. The molecule has 0 bridgehead atoms. The van der Waals surface area contributed by atoms with Crippen molar-refractivity contribution in [1.82, 2.24) is 0 Å². The van der Waals surface area contributed by atoms with Gasteiger partial charge in [0.2, 0.25) is 0 Å². The van der Waals surface area contributed by atoms with Crippen LogP contribution in [0.1, 0.15) is 39.0 Å². The Morgan fingerprint density at radius 2 is 1.94 bits per heavy atom. The van der Waals surface area contributed by atoms with E-state index >= 15 is 0 Å². The zero-order valence-corrected chi connectivity index (χ0v) is 10.5. The first-order valence-corrected chi connectivity index (χ1v) is 6.30. The summed E-state index contributed by atoms with van der Waals surface area (Å²) >= 11 is 5.79. The Bertz CT molecular complexity index is 315. The summed E-state index contributed by atoms with van der Waals surface area (Å²) in [6.45, 7) is 3.00. The minimum atomic E-state index is -0.238. The zero-order chi connectivity index (χ0) is 11.8. The van der Waals surface area contributed by atoms with Crippen LogP contribution in [0.3, 0.4) is 0 Å². The molecule has 1 aromatic carbocycles. The van der Waals surface area contributed by atoms with E-state index in [2.05, 4.69) is 12.2 Å². The van der Waals surface area contributed by atoms with Crippen molar-refractivity contribution in [1.29, 1.82) is 0 Å². The van der Waals surface area contributed by atoms with E-state index in [1.165, 1.54) is 31.7 Å². The number of anilines is 1. The van der Waals surface area contributed by atoms with E-state index in [4.69, 9.17) is 11.6 Å². The Balaban J connectivity index is 2.23. The van der Waals surface area contributed by atoms with Crippen molar-refractivity contribution >= 4 is 17.3 Å². The molecule has 1 rings (SSSR count). The summed E-state index contributed by atoms with van der Waals surface area (Å²) in [6, 6.07) is 4.58. The highest BCUT2D eigenvalue weighted by Crippen LogP contribution is 2.19. The molecule has 0 aliphatic heterocycles. The molecule has 0 aromatic heterocycles.